The third kappa shape index (κ3) is 2.96. The van der Waals surface area contributed by atoms with Crippen molar-refractivity contribution < 1.29 is 18.3 Å². The van der Waals surface area contributed by atoms with Crippen molar-refractivity contribution in [1.82, 2.24) is 0 Å². The molecule has 0 saturated heterocycles. The Morgan fingerprint density at radius 1 is 1.11 bits per heavy atom. The van der Waals surface area contributed by atoms with Gasteiger partial charge in [-0.1, -0.05) is 12.1 Å². The Balaban J connectivity index is 2.32. The molecule has 0 radical (unpaired) electrons. The van der Waals surface area contributed by atoms with Gasteiger partial charge in [0, 0.05) is 5.56 Å². The van der Waals surface area contributed by atoms with Crippen LogP contribution < -0.4 is 0 Å². The number of rotatable bonds is 3. The number of carbonyl (C=O) groups excluding carboxylic acids is 1. The van der Waals surface area contributed by atoms with Crippen LogP contribution in [-0.2, 0) is 4.74 Å². The first kappa shape index (κ1) is 13.2. The zero-order valence-corrected chi connectivity index (χ0v) is 10.3. The van der Waals surface area contributed by atoms with Gasteiger partial charge >= 0.3 is 5.97 Å². The lowest BCUT2D eigenvalue weighted by atomic mass is 10.0. The Morgan fingerprint density at radius 3 is 2.42 bits per heavy atom. The Hall–Kier alpha value is -2.23. The van der Waals surface area contributed by atoms with E-state index >= 15 is 0 Å². The standard InChI is InChI=1S/C15H12F2O2/c1-2-19-15(18)11-5-3-10(4-6-11)13-9-12(16)7-8-14(13)17/h3-9H,2H2,1H3. The number of benzene rings is 2. The minimum Gasteiger partial charge on any atom is -0.462 e. The summed E-state index contributed by atoms with van der Waals surface area (Å²) in [5.41, 5.74) is 1.04. The van der Waals surface area contributed by atoms with Crippen LogP contribution in [0, 0.1) is 11.6 Å². The van der Waals surface area contributed by atoms with E-state index in [0.29, 0.717) is 17.7 Å². The molecule has 0 N–H and O–H groups in total. The second kappa shape index (κ2) is 5.61. The van der Waals surface area contributed by atoms with Crippen molar-refractivity contribution in [2.45, 2.75) is 6.92 Å². The second-order valence-corrected chi connectivity index (χ2v) is 3.92. The molecule has 0 aliphatic heterocycles. The summed E-state index contributed by atoms with van der Waals surface area (Å²) >= 11 is 0. The largest absolute Gasteiger partial charge is 0.462 e. The minimum atomic E-state index is -0.509. The van der Waals surface area contributed by atoms with Gasteiger partial charge in [0.1, 0.15) is 11.6 Å². The number of carbonyl (C=O) groups is 1. The molecule has 2 nitrogen and oxygen atoms in total. The first-order valence-corrected chi connectivity index (χ1v) is 5.84. The summed E-state index contributed by atoms with van der Waals surface area (Å²) in [5, 5.41) is 0. The Bertz CT molecular complexity index is 592. The highest BCUT2D eigenvalue weighted by atomic mass is 19.1. The highest BCUT2D eigenvalue weighted by Gasteiger charge is 2.09. The van der Waals surface area contributed by atoms with E-state index in [2.05, 4.69) is 0 Å². The predicted molar refractivity (Wildman–Crippen MR) is 67.8 cm³/mol. The number of ether oxygens (including phenoxy) is 1. The molecular weight excluding hydrogens is 250 g/mol. The van der Waals surface area contributed by atoms with E-state index < -0.39 is 17.6 Å². The normalized spacial score (nSPS) is 10.3. The van der Waals surface area contributed by atoms with E-state index in [-0.39, 0.29) is 5.56 Å². The summed E-state index contributed by atoms with van der Waals surface area (Å²) in [6.45, 7) is 2.01. The number of esters is 1. The maximum atomic E-state index is 13.6. The molecule has 2 aromatic carbocycles. The molecule has 2 aromatic rings. The number of hydrogen-bond donors (Lipinski definition) is 0. The van der Waals surface area contributed by atoms with Crippen LogP contribution in [0.25, 0.3) is 11.1 Å². The van der Waals surface area contributed by atoms with E-state index in [1.54, 1.807) is 19.1 Å². The molecule has 0 fully saturated rings. The van der Waals surface area contributed by atoms with Crippen LogP contribution >= 0.6 is 0 Å². The lowest BCUT2D eigenvalue weighted by Crippen LogP contribution is -2.04. The Morgan fingerprint density at radius 2 is 1.79 bits per heavy atom. The zero-order chi connectivity index (χ0) is 13.8. The van der Waals surface area contributed by atoms with Crippen molar-refractivity contribution in [3.8, 4) is 11.1 Å². The van der Waals surface area contributed by atoms with E-state index in [4.69, 9.17) is 4.74 Å². The fourth-order valence-corrected chi connectivity index (χ4v) is 1.72. The summed E-state index contributed by atoms with van der Waals surface area (Å²) in [4.78, 5) is 11.5. The molecule has 0 bridgehead atoms. The van der Waals surface area contributed by atoms with Crippen molar-refractivity contribution in [3.05, 3.63) is 59.7 Å². The van der Waals surface area contributed by atoms with Crippen LogP contribution in [0.5, 0.6) is 0 Å². The number of hydrogen-bond acceptors (Lipinski definition) is 2. The summed E-state index contributed by atoms with van der Waals surface area (Å²) in [6.07, 6.45) is 0. The maximum absolute atomic E-state index is 13.6. The molecule has 98 valence electrons. The summed E-state index contributed by atoms with van der Waals surface area (Å²) in [5.74, 6) is -1.45. The molecule has 0 atom stereocenters. The molecular formula is C15H12F2O2. The van der Waals surface area contributed by atoms with Gasteiger partial charge in [0.2, 0.25) is 0 Å². The van der Waals surface area contributed by atoms with Gasteiger partial charge in [0.05, 0.1) is 12.2 Å². The molecule has 4 heteroatoms. The van der Waals surface area contributed by atoms with Crippen molar-refractivity contribution in [1.29, 1.82) is 0 Å². The van der Waals surface area contributed by atoms with Gasteiger partial charge in [0.15, 0.2) is 0 Å². The summed E-state index contributed by atoms with van der Waals surface area (Å²) in [7, 11) is 0. The molecule has 19 heavy (non-hydrogen) atoms. The average molecular weight is 262 g/mol. The van der Waals surface area contributed by atoms with E-state index in [9.17, 15) is 13.6 Å². The molecule has 0 amide bonds. The van der Waals surface area contributed by atoms with Gasteiger partial charge in [-0.2, -0.15) is 0 Å². The monoisotopic (exact) mass is 262 g/mol. The molecule has 0 unspecified atom stereocenters. The first-order valence-electron chi connectivity index (χ1n) is 5.84. The molecule has 0 spiro atoms. The Kier molecular flexibility index (Phi) is 3.90. The van der Waals surface area contributed by atoms with Gasteiger partial charge in [-0.3, -0.25) is 0 Å². The molecule has 2 rings (SSSR count). The highest BCUT2D eigenvalue weighted by Crippen LogP contribution is 2.24. The van der Waals surface area contributed by atoms with Gasteiger partial charge < -0.3 is 4.74 Å². The van der Waals surface area contributed by atoms with Gasteiger partial charge in [0.25, 0.3) is 0 Å². The lowest BCUT2D eigenvalue weighted by molar-refractivity contribution is 0.0526. The molecule has 0 aliphatic carbocycles. The third-order valence-electron chi connectivity index (χ3n) is 2.64. The summed E-state index contributed by atoms with van der Waals surface area (Å²) in [6, 6.07) is 9.42. The van der Waals surface area contributed by atoms with Gasteiger partial charge in [-0.25, -0.2) is 13.6 Å². The van der Waals surface area contributed by atoms with Gasteiger partial charge in [-0.15, -0.1) is 0 Å². The average Bonchev–Trinajstić information content (AvgIpc) is 2.42. The second-order valence-electron chi connectivity index (χ2n) is 3.92. The highest BCUT2D eigenvalue weighted by molar-refractivity contribution is 5.90. The van der Waals surface area contributed by atoms with E-state index in [1.165, 1.54) is 12.1 Å². The molecule has 0 aliphatic rings. The fourth-order valence-electron chi connectivity index (χ4n) is 1.72. The van der Waals surface area contributed by atoms with Crippen LogP contribution in [0.4, 0.5) is 8.78 Å². The minimum absolute atomic E-state index is 0.162. The van der Waals surface area contributed by atoms with Crippen molar-refractivity contribution in [2.24, 2.45) is 0 Å². The van der Waals surface area contributed by atoms with Gasteiger partial charge in [-0.05, 0) is 42.8 Å². The number of halogens is 2. The molecule has 0 saturated carbocycles. The van der Waals surface area contributed by atoms with Crippen LogP contribution in [0.1, 0.15) is 17.3 Å². The first-order chi connectivity index (χ1) is 9.11. The zero-order valence-electron chi connectivity index (χ0n) is 10.3. The third-order valence-corrected chi connectivity index (χ3v) is 2.64. The Labute approximate surface area is 109 Å². The van der Waals surface area contributed by atoms with Crippen LogP contribution in [0.2, 0.25) is 0 Å². The predicted octanol–water partition coefficient (Wildman–Crippen LogP) is 3.81. The smallest absolute Gasteiger partial charge is 0.338 e. The molecule has 0 heterocycles. The van der Waals surface area contributed by atoms with E-state index in [0.717, 1.165) is 18.2 Å². The lowest BCUT2D eigenvalue weighted by Gasteiger charge is -2.05. The van der Waals surface area contributed by atoms with Crippen LogP contribution in [-0.4, -0.2) is 12.6 Å². The van der Waals surface area contributed by atoms with E-state index in [1.807, 2.05) is 0 Å². The topological polar surface area (TPSA) is 26.3 Å². The summed E-state index contributed by atoms with van der Waals surface area (Å²) < 4.78 is 31.5. The van der Waals surface area contributed by atoms with Crippen molar-refractivity contribution in [2.75, 3.05) is 6.61 Å². The maximum Gasteiger partial charge on any atom is 0.338 e. The fraction of sp³-hybridized carbons (Fsp3) is 0.133. The SMILES string of the molecule is CCOC(=O)c1ccc(-c2cc(F)ccc2F)cc1. The van der Waals surface area contributed by atoms with Crippen molar-refractivity contribution >= 4 is 5.97 Å². The van der Waals surface area contributed by atoms with Crippen LogP contribution in [0.15, 0.2) is 42.5 Å². The quantitative estimate of drug-likeness (QED) is 0.786. The van der Waals surface area contributed by atoms with Crippen LogP contribution in [0.3, 0.4) is 0 Å². The van der Waals surface area contributed by atoms with Crippen molar-refractivity contribution in [3.63, 3.8) is 0 Å². The molecule has 0 aromatic heterocycles.